The Kier molecular flexibility index (Phi) is 3.97. The molecule has 0 amide bonds. The molecule has 0 bridgehead atoms. The van der Waals surface area contributed by atoms with Crippen LogP contribution in [0.4, 0.5) is 5.95 Å². The molecule has 8 nitrogen and oxygen atoms in total. The van der Waals surface area contributed by atoms with E-state index in [0.717, 1.165) is 77.3 Å². The predicted molar refractivity (Wildman–Crippen MR) is 119 cm³/mol. The first-order valence-corrected chi connectivity index (χ1v) is 10.5. The van der Waals surface area contributed by atoms with Crippen molar-refractivity contribution in [2.45, 2.75) is 6.42 Å². The topological polar surface area (TPSA) is 79.1 Å². The monoisotopic (exact) mass is 420 g/mol. The highest BCUT2D eigenvalue weighted by Crippen LogP contribution is 2.39. The fourth-order valence-corrected chi connectivity index (χ4v) is 4.71. The Morgan fingerprint density at radius 1 is 1.13 bits per heavy atom. The zero-order chi connectivity index (χ0) is 20.2. The van der Waals surface area contributed by atoms with Crippen LogP contribution in [0.15, 0.2) is 36.9 Å². The molecule has 0 aliphatic carbocycles. The standard InChI is InChI=1S/C21H21ClN8/c1-28-12-15-16(27-28)4-3-13(18(15)22)14-11-25-19-17(14)20-24-7-10-30(20)21(26-19)29-8-2-5-23-6-9-29/h3-4,7,10-12,23,25H,2,5-6,8-9H2,1H3. The zero-order valence-corrected chi connectivity index (χ0v) is 17.3. The molecule has 0 unspecified atom stereocenters. The molecule has 152 valence electrons. The smallest absolute Gasteiger partial charge is 0.213 e. The van der Waals surface area contributed by atoms with Crippen LogP contribution in [-0.2, 0) is 7.05 Å². The summed E-state index contributed by atoms with van der Waals surface area (Å²) in [6.45, 7) is 3.87. The highest BCUT2D eigenvalue weighted by atomic mass is 35.5. The Bertz CT molecular complexity index is 1390. The van der Waals surface area contributed by atoms with E-state index in [9.17, 15) is 0 Å². The number of anilines is 1. The summed E-state index contributed by atoms with van der Waals surface area (Å²) in [5.41, 5.74) is 4.52. The van der Waals surface area contributed by atoms with Crippen molar-refractivity contribution in [3.05, 3.63) is 41.9 Å². The third-order valence-corrected chi connectivity index (χ3v) is 6.21. The number of aryl methyl sites for hydroxylation is 1. The number of hydrogen-bond acceptors (Lipinski definition) is 5. The van der Waals surface area contributed by atoms with E-state index < -0.39 is 0 Å². The predicted octanol–water partition coefficient (Wildman–Crippen LogP) is 3.22. The van der Waals surface area contributed by atoms with Crippen molar-refractivity contribution in [1.82, 2.24) is 34.4 Å². The lowest BCUT2D eigenvalue weighted by Gasteiger charge is -2.22. The number of aromatic amines is 1. The van der Waals surface area contributed by atoms with E-state index in [1.54, 1.807) is 4.68 Å². The summed E-state index contributed by atoms with van der Waals surface area (Å²) < 4.78 is 3.87. The molecule has 0 saturated carbocycles. The van der Waals surface area contributed by atoms with E-state index in [-0.39, 0.29) is 0 Å². The number of halogens is 1. The molecule has 1 fully saturated rings. The van der Waals surface area contributed by atoms with Gasteiger partial charge in [-0.15, -0.1) is 0 Å². The third kappa shape index (κ3) is 2.60. The molecule has 5 aromatic rings. The number of aromatic nitrogens is 6. The first-order valence-electron chi connectivity index (χ1n) is 10.1. The van der Waals surface area contributed by atoms with E-state index >= 15 is 0 Å². The summed E-state index contributed by atoms with van der Waals surface area (Å²) in [6, 6.07) is 4.03. The second kappa shape index (κ2) is 6.72. The molecule has 0 atom stereocenters. The number of fused-ring (bicyclic) bond motifs is 4. The number of rotatable bonds is 2. The number of hydrogen-bond donors (Lipinski definition) is 2. The van der Waals surface area contributed by atoms with E-state index in [1.807, 2.05) is 44.0 Å². The Balaban J connectivity index is 1.58. The summed E-state index contributed by atoms with van der Waals surface area (Å²) >= 11 is 6.81. The van der Waals surface area contributed by atoms with Crippen LogP contribution >= 0.6 is 11.6 Å². The van der Waals surface area contributed by atoms with E-state index in [2.05, 4.69) is 29.7 Å². The van der Waals surface area contributed by atoms with E-state index in [4.69, 9.17) is 16.6 Å². The van der Waals surface area contributed by atoms with Crippen molar-refractivity contribution in [3.63, 3.8) is 0 Å². The van der Waals surface area contributed by atoms with E-state index in [0.29, 0.717) is 5.02 Å². The van der Waals surface area contributed by atoms with Crippen LogP contribution in [0.5, 0.6) is 0 Å². The van der Waals surface area contributed by atoms with Crippen molar-refractivity contribution in [1.29, 1.82) is 0 Å². The normalized spacial score (nSPS) is 15.5. The number of nitrogens with zero attached hydrogens (tertiary/aromatic N) is 6. The molecule has 4 aromatic heterocycles. The lowest BCUT2D eigenvalue weighted by molar-refractivity contribution is 0.724. The van der Waals surface area contributed by atoms with Gasteiger partial charge in [-0.25, -0.2) is 4.98 Å². The highest BCUT2D eigenvalue weighted by Gasteiger charge is 2.21. The van der Waals surface area contributed by atoms with Gasteiger partial charge in [0.25, 0.3) is 0 Å². The first-order chi connectivity index (χ1) is 14.7. The van der Waals surface area contributed by atoms with Crippen molar-refractivity contribution in [2.24, 2.45) is 7.05 Å². The maximum atomic E-state index is 6.81. The molecule has 1 aromatic carbocycles. The quantitative estimate of drug-likeness (QED) is 0.458. The molecular weight excluding hydrogens is 400 g/mol. The highest BCUT2D eigenvalue weighted by molar-refractivity contribution is 6.38. The molecular formula is C21H21ClN8. The van der Waals surface area contributed by atoms with Crippen LogP contribution in [0.25, 0.3) is 38.7 Å². The third-order valence-electron chi connectivity index (χ3n) is 5.80. The zero-order valence-electron chi connectivity index (χ0n) is 16.6. The Morgan fingerprint density at radius 2 is 2.07 bits per heavy atom. The molecule has 30 heavy (non-hydrogen) atoms. The maximum Gasteiger partial charge on any atom is 0.213 e. The van der Waals surface area contributed by atoms with Gasteiger partial charge in [0.15, 0.2) is 5.65 Å². The van der Waals surface area contributed by atoms with Crippen LogP contribution in [0, 0.1) is 0 Å². The van der Waals surface area contributed by atoms with Crippen LogP contribution < -0.4 is 10.2 Å². The van der Waals surface area contributed by atoms with Gasteiger partial charge < -0.3 is 15.2 Å². The minimum absolute atomic E-state index is 0.689. The number of imidazole rings is 1. The number of benzene rings is 1. The fourth-order valence-electron chi connectivity index (χ4n) is 4.40. The molecule has 1 saturated heterocycles. The average Bonchev–Trinajstić information content (AvgIpc) is 3.41. The minimum Gasteiger partial charge on any atom is -0.345 e. The second-order valence-corrected chi connectivity index (χ2v) is 8.09. The maximum absolute atomic E-state index is 6.81. The van der Waals surface area contributed by atoms with Crippen LogP contribution in [-0.4, -0.2) is 55.3 Å². The van der Waals surface area contributed by atoms with Crippen LogP contribution in [0.2, 0.25) is 5.02 Å². The first kappa shape index (κ1) is 17.7. The summed E-state index contributed by atoms with van der Waals surface area (Å²) in [4.78, 5) is 15.4. The minimum atomic E-state index is 0.689. The number of nitrogens with one attached hydrogen (secondary N) is 2. The second-order valence-electron chi connectivity index (χ2n) is 7.71. The van der Waals surface area contributed by atoms with Gasteiger partial charge in [0, 0.05) is 68.0 Å². The fraction of sp³-hybridized carbons (Fsp3) is 0.286. The molecule has 6 rings (SSSR count). The Hall–Kier alpha value is -3.10. The van der Waals surface area contributed by atoms with Crippen molar-refractivity contribution in [2.75, 3.05) is 31.1 Å². The molecule has 0 radical (unpaired) electrons. The van der Waals surface area contributed by atoms with Gasteiger partial charge in [0.2, 0.25) is 5.95 Å². The summed E-state index contributed by atoms with van der Waals surface area (Å²) in [5.74, 6) is 0.918. The Morgan fingerprint density at radius 3 is 3.00 bits per heavy atom. The summed E-state index contributed by atoms with van der Waals surface area (Å²) in [7, 11) is 1.90. The van der Waals surface area contributed by atoms with Crippen molar-refractivity contribution >= 4 is 45.1 Å². The molecule has 1 aliphatic rings. The lowest BCUT2D eigenvalue weighted by atomic mass is 10.0. The van der Waals surface area contributed by atoms with Gasteiger partial charge >= 0.3 is 0 Å². The SMILES string of the molecule is Cn1cc2c(Cl)c(-c3c[nH]c4nc(N5CCCNCC5)n5ccnc5c34)ccc2n1. The van der Waals surface area contributed by atoms with Crippen LogP contribution in [0.3, 0.4) is 0 Å². The van der Waals surface area contributed by atoms with Gasteiger partial charge in [0.05, 0.1) is 15.9 Å². The van der Waals surface area contributed by atoms with Crippen LogP contribution in [0.1, 0.15) is 6.42 Å². The molecule has 9 heteroatoms. The van der Waals surface area contributed by atoms with Gasteiger partial charge in [-0.05, 0) is 19.0 Å². The molecule has 5 heterocycles. The lowest BCUT2D eigenvalue weighted by Crippen LogP contribution is -2.30. The summed E-state index contributed by atoms with van der Waals surface area (Å²) in [5, 5.41) is 10.5. The van der Waals surface area contributed by atoms with Crippen molar-refractivity contribution < 1.29 is 0 Å². The Labute approximate surface area is 177 Å². The average molecular weight is 421 g/mol. The van der Waals surface area contributed by atoms with Gasteiger partial charge in [-0.1, -0.05) is 17.7 Å². The van der Waals surface area contributed by atoms with Gasteiger partial charge in [0.1, 0.15) is 5.65 Å². The number of H-pyrrole nitrogens is 1. The van der Waals surface area contributed by atoms with Gasteiger partial charge in [-0.2, -0.15) is 10.1 Å². The molecule has 2 N–H and O–H groups in total. The van der Waals surface area contributed by atoms with Crippen molar-refractivity contribution in [3.8, 4) is 11.1 Å². The van der Waals surface area contributed by atoms with E-state index in [1.165, 1.54) is 0 Å². The van der Waals surface area contributed by atoms with Gasteiger partial charge in [-0.3, -0.25) is 9.08 Å². The summed E-state index contributed by atoms with van der Waals surface area (Å²) in [6.07, 6.45) is 8.83. The molecule has 1 aliphatic heterocycles. The molecule has 0 spiro atoms. The largest absolute Gasteiger partial charge is 0.345 e.